The van der Waals surface area contributed by atoms with Crippen LogP contribution in [0.1, 0.15) is 31.7 Å². The summed E-state index contributed by atoms with van der Waals surface area (Å²) in [7, 11) is 0. The molecule has 0 amide bonds. The van der Waals surface area contributed by atoms with Gasteiger partial charge in [0.2, 0.25) is 0 Å². The number of nitrogens with zero attached hydrogens (tertiary/aromatic N) is 2. The fourth-order valence-corrected chi connectivity index (χ4v) is 3.70. The summed E-state index contributed by atoms with van der Waals surface area (Å²) in [6.45, 7) is 4.17. The Labute approximate surface area is 123 Å². The summed E-state index contributed by atoms with van der Waals surface area (Å²) in [5.41, 5.74) is 0.465. The number of benzene rings is 1. The summed E-state index contributed by atoms with van der Waals surface area (Å²) in [4.78, 5) is 4.68. The molecule has 0 bridgehead atoms. The maximum atomic E-state index is 9.73. The molecule has 0 saturated heterocycles. The Kier molecular flexibility index (Phi) is 4.44. The minimum absolute atomic E-state index is 0.223. The molecule has 4 heteroatoms. The molecule has 1 heterocycles. The highest BCUT2D eigenvalue weighted by Gasteiger charge is 2.38. The van der Waals surface area contributed by atoms with Crippen molar-refractivity contribution in [3.63, 3.8) is 0 Å². The molecule has 19 heavy (non-hydrogen) atoms. The summed E-state index contributed by atoms with van der Waals surface area (Å²) in [6, 6.07) is 10.6. The van der Waals surface area contributed by atoms with Gasteiger partial charge in [-0.3, -0.25) is 0 Å². The average molecular weight is 293 g/mol. The predicted octanol–water partition coefficient (Wildman–Crippen LogP) is 4.73. The Hall–Kier alpha value is -1.11. The van der Waals surface area contributed by atoms with Crippen molar-refractivity contribution in [3.8, 4) is 6.07 Å². The Morgan fingerprint density at radius 3 is 2.74 bits per heavy atom. The number of para-hydroxylation sites is 1. The molecule has 0 aliphatic rings. The smallest absolute Gasteiger partial charge is 0.114 e. The first-order valence-corrected chi connectivity index (χ1v) is 7.82. The molecule has 2 rings (SSSR count). The van der Waals surface area contributed by atoms with Gasteiger partial charge in [0.05, 0.1) is 16.3 Å². The summed E-state index contributed by atoms with van der Waals surface area (Å²) < 4.78 is 1.14. The maximum absolute atomic E-state index is 9.73. The van der Waals surface area contributed by atoms with E-state index in [-0.39, 0.29) is 5.92 Å². The van der Waals surface area contributed by atoms with Gasteiger partial charge >= 0.3 is 0 Å². The summed E-state index contributed by atoms with van der Waals surface area (Å²) in [5.74, 6) is 0.808. The van der Waals surface area contributed by atoms with Crippen LogP contribution in [0, 0.1) is 17.2 Å². The van der Waals surface area contributed by atoms with E-state index in [2.05, 4.69) is 31.0 Å². The number of hydrogen-bond acceptors (Lipinski definition) is 3. The second-order valence-electron chi connectivity index (χ2n) is 5.02. The van der Waals surface area contributed by atoms with E-state index in [9.17, 15) is 5.26 Å². The Balaban J connectivity index is 2.51. The molecule has 100 valence electrons. The van der Waals surface area contributed by atoms with Crippen molar-refractivity contribution in [1.82, 2.24) is 4.98 Å². The second kappa shape index (κ2) is 5.90. The molecule has 0 spiro atoms. The van der Waals surface area contributed by atoms with Gasteiger partial charge in [0.15, 0.2) is 0 Å². The minimum atomic E-state index is -0.515. The third-order valence-corrected chi connectivity index (χ3v) is 5.05. The van der Waals surface area contributed by atoms with Gasteiger partial charge in [-0.2, -0.15) is 5.26 Å². The molecule has 1 atom stereocenters. The Morgan fingerprint density at radius 2 is 2.16 bits per heavy atom. The zero-order chi connectivity index (χ0) is 13.9. The fraction of sp³-hybridized carbons (Fsp3) is 0.467. The third-order valence-electron chi connectivity index (χ3n) is 3.57. The highest BCUT2D eigenvalue weighted by atomic mass is 35.5. The van der Waals surface area contributed by atoms with Gasteiger partial charge in [-0.1, -0.05) is 26.0 Å². The number of rotatable bonds is 5. The molecule has 1 unspecified atom stereocenters. The van der Waals surface area contributed by atoms with Crippen LogP contribution in [0.25, 0.3) is 10.2 Å². The monoisotopic (exact) mass is 292 g/mol. The van der Waals surface area contributed by atoms with E-state index in [1.54, 1.807) is 11.3 Å². The first-order chi connectivity index (χ1) is 9.14. The molecule has 0 aliphatic carbocycles. The van der Waals surface area contributed by atoms with Crippen LogP contribution >= 0.6 is 22.9 Å². The minimum Gasteiger partial charge on any atom is -0.239 e. The van der Waals surface area contributed by atoms with Gasteiger partial charge in [-0.15, -0.1) is 22.9 Å². The number of nitriles is 1. The summed E-state index contributed by atoms with van der Waals surface area (Å²) >= 11 is 7.44. The third kappa shape index (κ3) is 2.61. The number of aromatic nitrogens is 1. The van der Waals surface area contributed by atoms with Crippen molar-refractivity contribution in [2.24, 2.45) is 5.92 Å². The van der Waals surface area contributed by atoms with E-state index < -0.39 is 5.41 Å². The lowest BCUT2D eigenvalue weighted by Crippen LogP contribution is -2.30. The molecule has 0 fully saturated rings. The summed E-state index contributed by atoms with van der Waals surface area (Å²) in [5, 5.41) is 10.7. The van der Waals surface area contributed by atoms with E-state index in [1.807, 2.05) is 18.2 Å². The Bertz CT molecular complexity index is 566. The topological polar surface area (TPSA) is 36.7 Å². The van der Waals surface area contributed by atoms with Gasteiger partial charge in [0.1, 0.15) is 10.4 Å². The Morgan fingerprint density at radius 1 is 1.42 bits per heavy atom. The molecule has 0 saturated carbocycles. The van der Waals surface area contributed by atoms with Crippen LogP contribution < -0.4 is 0 Å². The van der Waals surface area contributed by atoms with Crippen molar-refractivity contribution in [3.05, 3.63) is 29.3 Å². The van der Waals surface area contributed by atoms with Crippen LogP contribution in [-0.2, 0) is 5.41 Å². The second-order valence-corrected chi connectivity index (χ2v) is 6.43. The van der Waals surface area contributed by atoms with Crippen LogP contribution in [0.2, 0.25) is 0 Å². The normalized spacial score (nSPS) is 14.5. The van der Waals surface area contributed by atoms with Crippen LogP contribution in [0.5, 0.6) is 0 Å². The van der Waals surface area contributed by atoms with Gasteiger partial charge < -0.3 is 0 Å². The lowest BCUT2D eigenvalue weighted by atomic mass is 9.75. The molecular formula is C15H17ClN2S. The number of thiazole rings is 1. The highest BCUT2D eigenvalue weighted by molar-refractivity contribution is 7.18. The molecule has 1 aromatic heterocycles. The largest absolute Gasteiger partial charge is 0.239 e. The molecule has 2 nitrogen and oxygen atoms in total. The molecule has 1 aromatic carbocycles. The number of halogens is 1. The fourth-order valence-electron chi connectivity index (χ4n) is 2.28. The van der Waals surface area contributed by atoms with Crippen molar-refractivity contribution in [1.29, 1.82) is 5.26 Å². The van der Waals surface area contributed by atoms with E-state index in [0.29, 0.717) is 5.88 Å². The zero-order valence-electron chi connectivity index (χ0n) is 11.2. The molecule has 0 aliphatic heterocycles. The van der Waals surface area contributed by atoms with Crippen molar-refractivity contribution >= 4 is 33.2 Å². The zero-order valence-corrected chi connectivity index (χ0v) is 12.8. The van der Waals surface area contributed by atoms with Gasteiger partial charge in [-0.25, -0.2) is 4.98 Å². The van der Waals surface area contributed by atoms with E-state index in [4.69, 9.17) is 11.6 Å². The molecule has 0 N–H and O–H groups in total. The lowest BCUT2D eigenvalue weighted by molar-refractivity contribution is 0.365. The first-order valence-electron chi connectivity index (χ1n) is 6.47. The van der Waals surface area contributed by atoms with Gasteiger partial charge in [0.25, 0.3) is 0 Å². The maximum Gasteiger partial charge on any atom is 0.114 e. The van der Waals surface area contributed by atoms with E-state index in [0.717, 1.165) is 28.1 Å². The quantitative estimate of drug-likeness (QED) is 0.747. The van der Waals surface area contributed by atoms with Crippen LogP contribution in [0.3, 0.4) is 0 Å². The average Bonchev–Trinajstić information content (AvgIpc) is 2.84. The van der Waals surface area contributed by atoms with Crippen molar-refractivity contribution in [2.45, 2.75) is 32.1 Å². The molecule has 2 aromatic rings. The highest BCUT2D eigenvalue weighted by Crippen LogP contribution is 2.40. The lowest BCUT2D eigenvalue weighted by Gasteiger charge is -2.28. The van der Waals surface area contributed by atoms with Gasteiger partial charge in [0, 0.05) is 5.88 Å². The van der Waals surface area contributed by atoms with Gasteiger partial charge in [-0.05, 0) is 30.9 Å². The predicted molar refractivity (Wildman–Crippen MR) is 81.7 cm³/mol. The number of alkyl halides is 1. The summed E-state index contributed by atoms with van der Waals surface area (Å²) in [6.07, 6.45) is 1.60. The molecule has 0 radical (unpaired) electrons. The van der Waals surface area contributed by atoms with Crippen LogP contribution in [0.15, 0.2) is 24.3 Å². The number of fused-ring (bicyclic) bond motifs is 1. The molecular weight excluding hydrogens is 276 g/mol. The SMILES string of the molecule is CC(C)C(C#N)(CCCCl)c1nc2ccccc2s1. The van der Waals surface area contributed by atoms with Crippen molar-refractivity contribution in [2.75, 3.05) is 5.88 Å². The van der Waals surface area contributed by atoms with Crippen molar-refractivity contribution < 1.29 is 0 Å². The standard InChI is InChI=1S/C15H17ClN2S/c1-11(2)15(10-17,8-5-9-16)14-18-12-6-3-4-7-13(12)19-14/h3-4,6-7,11H,5,8-9H2,1-2H3. The van der Waals surface area contributed by atoms with E-state index >= 15 is 0 Å². The number of hydrogen-bond donors (Lipinski definition) is 0. The first kappa shape index (κ1) is 14.3. The van der Waals surface area contributed by atoms with Crippen LogP contribution in [0.4, 0.5) is 0 Å². The van der Waals surface area contributed by atoms with E-state index in [1.165, 1.54) is 0 Å². The van der Waals surface area contributed by atoms with Crippen LogP contribution in [-0.4, -0.2) is 10.9 Å².